The van der Waals surface area contributed by atoms with E-state index >= 15 is 0 Å². The van der Waals surface area contributed by atoms with Gasteiger partial charge in [-0.25, -0.2) is 0 Å². The minimum Gasteiger partial charge on any atom is -0.461 e. The Morgan fingerprint density at radius 1 is 1.22 bits per heavy atom. The lowest BCUT2D eigenvalue weighted by molar-refractivity contribution is 0.507. The van der Waals surface area contributed by atoms with Crippen LogP contribution in [0.15, 0.2) is 28.7 Å². The number of benzene rings is 1. The molecule has 2 aromatic rings. The highest BCUT2D eigenvalue weighted by molar-refractivity contribution is 5.82. The molecule has 1 aliphatic rings. The van der Waals surface area contributed by atoms with Crippen molar-refractivity contribution in [3.8, 4) is 0 Å². The molecule has 1 aliphatic carbocycles. The third-order valence-corrected chi connectivity index (χ3v) is 4.03. The van der Waals surface area contributed by atoms with Crippen molar-refractivity contribution in [1.82, 2.24) is 5.32 Å². The normalized spacial score (nSPS) is 16.7. The van der Waals surface area contributed by atoms with Crippen LogP contribution in [0.5, 0.6) is 0 Å². The Bertz CT molecular complexity index is 523. The van der Waals surface area contributed by atoms with E-state index in [2.05, 4.69) is 30.4 Å². The summed E-state index contributed by atoms with van der Waals surface area (Å²) in [5, 5.41) is 4.97. The van der Waals surface area contributed by atoms with Crippen LogP contribution in [-0.4, -0.2) is 6.04 Å². The summed E-state index contributed by atoms with van der Waals surface area (Å²) in [6.07, 6.45) is 6.39. The number of para-hydroxylation sites is 1. The zero-order valence-electron chi connectivity index (χ0n) is 11.0. The van der Waals surface area contributed by atoms with Gasteiger partial charge in [0.2, 0.25) is 0 Å². The summed E-state index contributed by atoms with van der Waals surface area (Å²) in [5.74, 6) is 1.14. The molecule has 0 unspecified atom stereocenters. The maximum Gasteiger partial charge on any atom is 0.134 e. The fraction of sp³-hybridized carbons (Fsp3) is 0.500. The molecule has 0 amide bonds. The molecule has 1 N–H and O–H groups in total. The van der Waals surface area contributed by atoms with E-state index in [1.165, 1.54) is 36.6 Å². The van der Waals surface area contributed by atoms with E-state index in [9.17, 15) is 0 Å². The topological polar surface area (TPSA) is 25.2 Å². The molecule has 1 saturated carbocycles. The molecule has 96 valence electrons. The molecule has 0 saturated heterocycles. The second kappa shape index (κ2) is 5.15. The van der Waals surface area contributed by atoms with Crippen LogP contribution in [0.4, 0.5) is 0 Å². The highest BCUT2D eigenvalue weighted by atomic mass is 16.3. The lowest BCUT2D eigenvalue weighted by atomic mass is 10.1. The first-order chi connectivity index (χ1) is 8.88. The first kappa shape index (κ1) is 11.8. The Morgan fingerprint density at radius 3 is 2.78 bits per heavy atom. The predicted octanol–water partition coefficient (Wildman–Crippen LogP) is 4.03. The average Bonchev–Trinajstić information content (AvgIpc) is 3.03. The minimum absolute atomic E-state index is 0.711. The number of hydrogen-bond acceptors (Lipinski definition) is 2. The second-order valence-corrected chi connectivity index (χ2v) is 5.22. The molecule has 18 heavy (non-hydrogen) atoms. The predicted molar refractivity (Wildman–Crippen MR) is 74.7 cm³/mol. The molecule has 2 heteroatoms. The van der Waals surface area contributed by atoms with Gasteiger partial charge in [-0.05, 0) is 18.9 Å². The van der Waals surface area contributed by atoms with Crippen molar-refractivity contribution in [3.63, 3.8) is 0 Å². The summed E-state index contributed by atoms with van der Waals surface area (Å²) >= 11 is 0. The summed E-state index contributed by atoms with van der Waals surface area (Å²) in [4.78, 5) is 0. The number of aryl methyl sites for hydroxylation is 1. The molecule has 2 nitrogen and oxygen atoms in total. The van der Waals surface area contributed by atoms with Gasteiger partial charge in [0.05, 0.1) is 0 Å². The van der Waals surface area contributed by atoms with Gasteiger partial charge in [0.25, 0.3) is 0 Å². The van der Waals surface area contributed by atoms with E-state index < -0.39 is 0 Å². The van der Waals surface area contributed by atoms with Crippen molar-refractivity contribution < 1.29 is 4.42 Å². The molecule has 0 radical (unpaired) electrons. The molecule has 1 aromatic carbocycles. The molecule has 3 rings (SSSR count). The zero-order valence-corrected chi connectivity index (χ0v) is 11.0. The van der Waals surface area contributed by atoms with Gasteiger partial charge in [-0.1, -0.05) is 38.0 Å². The van der Waals surface area contributed by atoms with E-state index in [1.807, 2.05) is 6.07 Å². The van der Waals surface area contributed by atoms with Crippen LogP contribution < -0.4 is 5.32 Å². The van der Waals surface area contributed by atoms with Gasteiger partial charge in [-0.3, -0.25) is 0 Å². The average molecular weight is 243 g/mol. The number of rotatable bonds is 4. The number of furan rings is 1. The number of nitrogens with one attached hydrogen (secondary N) is 1. The van der Waals surface area contributed by atoms with Gasteiger partial charge in [0.15, 0.2) is 0 Å². The van der Waals surface area contributed by atoms with Crippen LogP contribution in [0.3, 0.4) is 0 Å². The van der Waals surface area contributed by atoms with Gasteiger partial charge < -0.3 is 9.73 Å². The monoisotopic (exact) mass is 243 g/mol. The standard InChI is InChI=1S/C16H21NO/c1-2-15-14(11-17-12-7-3-4-8-12)13-9-5-6-10-16(13)18-15/h5-6,9-10,12,17H,2-4,7-8,11H2,1H3. The molecule has 0 atom stereocenters. The van der Waals surface area contributed by atoms with Crippen molar-refractivity contribution in [2.75, 3.05) is 0 Å². The molecule has 1 aromatic heterocycles. The molecular formula is C16H21NO. The van der Waals surface area contributed by atoms with Crippen LogP contribution in [0.25, 0.3) is 11.0 Å². The van der Waals surface area contributed by atoms with Crippen molar-refractivity contribution in [1.29, 1.82) is 0 Å². The fourth-order valence-corrected chi connectivity index (χ4v) is 3.01. The first-order valence-corrected chi connectivity index (χ1v) is 7.11. The van der Waals surface area contributed by atoms with Gasteiger partial charge in [-0.15, -0.1) is 0 Å². The van der Waals surface area contributed by atoms with Crippen molar-refractivity contribution in [3.05, 3.63) is 35.6 Å². The maximum atomic E-state index is 5.92. The quantitative estimate of drug-likeness (QED) is 0.877. The third kappa shape index (κ3) is 2.17. The summed E-state index contributed by atoms with van der Waals surface area (Å²) in [6.45, 7) is 3.11. The Hall–Kier alpha value is -1.28. The minimum atomic E-state index is 0.711. The summed E-state index contributed by atoms with van der Waals surface area (Å²) < 4.78 is 5.92. The lowest BCUT2D eigenvalue weighted by Crippen LogP contribution is -2.25. The van der Waals surface area contributed by atoms with E-state index in [-0.39, 0.29) is 0 Å². The number of fused-ring (bicyclic) bond motifs is 1. The Labute approximate surface area is 108 Å². The molecule has 0 aliphatic heterocycles. The van der Waals surface area contributed by atoms with Crippen molar-refractivity contribution in [2.45, 2.75) is 51.6 Å². The molecule has 0 bridgehead atoms. The highest BCUT2D eigenvalue weighted by Crippen LogP contribution is 2.27. The second-order valence-electron chi connectivity index (χ2n) is 5.22. The van der Waals surface area contributed by atoms with Gasteiger partial charge >= 0.3 is 0 Å². The maximum absolute atomic E-state index is 5.92. The van der Waals surface area contributed by atoms with Crippen molar-refractivity contribution >= 4 is 11.0 Å². The van der Waals surface area contributed by atoms with Crippen LogP contribution in [0, 0.1) is 0 Å². The SMILES string of the molecule is CCc1oc2ccccc2c1CNC1CCCC1. The van der Waals surface area contributed by atoms with Crippen LogP contribution in [0.1, 0.15) is 43.9 Å². The van der Waals surface area contributed by atoms with Crippen LogP contribution in [-0.2, 0) is 13.0 Å². The zero-order chi connectivity index (χ0) is 12.4. The van der Waals surface area contributed by atoms with E-state index in [1.54, 1.807) is 0 Å². The summed E-state index contributed by atoms with van der Waals surface area (Å²) in [7, 11) is 0. The van der Waals surface area contributed by atoms with E-state index in [4.69, 9.17) is 4.42 Å². The van der Waals surface area contributed by atoms with Gasteiger partial charge in [-0.2, -0.15) is 0 Å². The van der Waals surface area contributed by atoms with Gasteiger partial charge in [0.1, 0.15) is 11.3 Å². The summed E-state index contributed by atoms with van der Waals surface area (Å²) in [5.41, 5.74) is 2.39. The van der Waals surface area contributed by atoms with E-state index in [0.717, 1.165) is 24.3 Å². The van der Waals surface area contributed by atoms with Crippen molar-refractivity contribution in [2.24, 2.45) is 0 Å². The molecule has 1 fully saturated rings. The third-order valence-electron chi connectivity index (χ3n) is 4.03. The Balaban J connectivity index is 1.84. The van der Waals surface area contributed by atoms with Gasteiger partial charge in [0, 0.05) is 30.0 Å². The lowest BCUT2D eigenvalue weighted by Gasteiger charge is -2.11. The molecule has 1 heterocycles. The summed E-state index contributed by atoms with van der Waals surface area (Å²) in [6, 6.07) is 9.08. The van der Waals surface area contributed by atoms with E-state index in [0.29, 0.717) is 6.04 Å². The molecular weight excluding hydrogens is 222 g/mol. The largest absolute Gasteiger partial charge is 0.461 e. The first-order valence-electron chi connectivity index (χ1n) is 7.11. The molecule has 0 spiro atoms. The smallest absolute Gasteiger partial charge is 0.134 e. The Kier molecular flexibility index (Phi) is 3.37. The number of hydrogen-bond donors (Lipinski definition) is 1. The fourth-order valence-electron chi connectivity index (χ4n) is 3.01. The Morgan fingerprint density at radius 2 is 2.00 bits per heavy atom. The van der Waals surface area contributed by atoms with Crippen LogP contribution >= 0.6 is 0 Å². The van der Waals surface area contributed by atoms with Crippen LogP contribution in [0.2, 0.25) is 0 Å². The highest BCUT2D eigenvalue weighted by Gasteiger charge is 2.17.